The van der Waals surface area contributed by atoms with Crippen LogP contribution in [-0.2, 0) is 4.79 Å². The highest BCUT2D eigenvalue weighted by atomic mass is 16.2. The Hall–Kier alpha value is -1.84. The lowest BCUT2D eigenvalue weighted by atomic mass is 10.0. The summed E-state index contributed by atoms with van der Waals surface area (Å²) in [6.07, 6.45) is 11.4. The maximum atomic E-state index is 13.2. The molecule has 0 radical (unpaired) electrons. The number of amides is 2. The number of hydrogen-bond donors (Lipinski definition) is 1. The van der Waals surface area contributed by atoms with E-state index in [1.807, 2.05) is 29.2 Å². The fraction of sp³-hybridized carbons (Fsp3) is 0.619. The topological polar surface area (TPSA) is 49.4 Å². The Morgan fingerprint density at radius 2 is 1.56 bits per heavy atom. The molecule has 4 rings (SSSR count). The van der Waals surface area contributed by atoms with Crippen molar-refractivity contribution in [1.29, 1.82) is 0 Å². The van der Waals surface area contributed by atoms with Gasteiger partial charge in [0.1, 0.15) is 6.04 Å². The third-order valence-corrected chi connectivity index (χ3v) is 6.17. The quantitative estimate of drug-likeness (QED) is 0.847. The van der Waals surface area contributed by atoms with Crippen LogP contribution in [0.4, 0.5) is 0 Å². The SMILES string of the molecule is O=C(NC1CCCCCC1)C1c2ccccc2C(=O)N1C1CCCC1. The van der Waals surface area contributed by atoms with E-state index in [9.17, 15) is 9.59 Å². The highest BCUT2D eigenvalue weighted by Gasteiger charge is 2.45. The highest BCUT2D eigenvalue weighted by molar-refractivity contribution is 6.05. The Morgan fingerprint density at radius 3 is 2.28 bits per heavy atom. The van der Waals surface area contributed by atoms with Crippen molar-refractivity contribution >= 4 is 11.8 Å². The summed E-state index contributed by atoms with van der Waals surface area (Å²) < 4.78 is 0. The van der Waals surface area contributed by atoms with Crippen LogP contribution in [0.25, 0.3) is 0 Å². The molecule has 1 heterocycles. The number of benzene rings is 1. The van der Waals surface area contributed by atoms with Gasteiger partial charge in [0.15, 0.2) is 0 Å². The molecule has 4 heteroatoms. The summed E-state index contributed by atoms with van der Waals surface area (Å²) >= 11 is 0. The second-order valence-electron chi connectivity index (χ2n) is 7.84. The van der Waals surface area contributed by atoms with E-state index in [2.05, 4.69) is 5.32 Å². The summed E-state index contributed by atoms with van der Waals surface area (Å²) in [4.78, 5) is 28.1. The van der Waals surface area contributed by atoms with Gasteiger partial charge in [-0.1, -0.05) is 56.7 Å². The van der Waals surface area contributed by atoms with Crippen LogP contribution in [0.5, 0.6) is 0 Å². The molecular weight excluding hydrogens is 312 g/mol. The van der Waals surface area contributed by atoms with Gasteiger partial charge in [0.05, 0.1) is 0 Å². The van der Waals surface area contributed by atoms with E-state index in [4.69, 9.17) is 0 Å². The highest BCUT2D eigenvalue weighted by Crippen LogP contribution is 2.39. The van der Waals surface area contributed by atoms with Crippen molar-refractivity contribution in [3.63, 3.8) is 0 Å². The van der Waals surface area contributed by atoms with E-state index in [-0.39, 0.29) is 23.9 Å². The molecule has 2 amide bonds. The Morgan fingerprint density at radius 1 is 0.920 bits per heavy atom. The van der Waals surface area contributed by atoms with E-state index < -0.39 is 6.04 Å². The maximum absolute atomic E-state index is 13.2. The van der Waals surface area contributed by atoms with Gasteiger partial charge >= 0.3 is 0 Å². The second kappa shape index (κ2) is 7.19. The van der Waals surface area contributed by atoms with Crippen LogP contribution in [-0.4, -0.2) is 28.8 Å². The molecule has 2 saturated carbocycles. The fourth-order valence-corrected chi connectivity index (χ4v) is 4.87. The molecule has 0 bridgehead atoms. The van der Waals surface area contributed by atoms with Crippen LogP contribution >= 0.6 is 0 Å². The van der Waals surface area contributed by atoms with Crippen molar-refractivity contribution in [3.05, 3.63) is 35.4 Å². The van der Waals surface area contributed by atoms with Gasteiger partial charge in [-0.15, -0.1) is 0 Å². The van der Waals surface area contributed by atoms with Crippen molar-refractivity contribution in [2.45, 2.75) is 82.3 Å². The lowest BCUT2D eigenvalue weighted by Gasteiger charge is -2.31. The molecule has 1 atom stereocenters. The van der Waals surface area contributed by atoms with Crippen LogP contribution < -0.4 is 5.32 Å². The zero-order valence-electron chi connectivity index (χ0n) is 14.9. The van der Waals surface area contributed by atoms with Gasteiger partial charge in [-0.3, -0.25) is 9.59 Å². The summed E-state index contributed by atoms with van der Waals surface area (Å²) in [5.74, 6) is 0.0700. The van der Waals surface area contributed by atoms with Crippen LogP contribution in [0, 0.1) is 0 Å². The van der Waals surface area contributed by atoms with Crippen LogP contribution in [0.2, 0.25) is 0 Å². The average Bonchev–Trinajstić information content (AvgIpc) is 3.16. The van der Waals surface area contributed by atoms with E-state index in [1.165, 1.54) is 25.7 Å². The zero-order chi connectivity index (χ0) is 17.2. The summed E-state index contributed by atoms with van der Waals surface area (Å²) in [6, 6.07) is 7.71. The molecule has 2 fully saturated rings. The number of rotatable bonds is 3. The van der Waals surface area contributed by atoms with Crippen LogP contribution in [0.15, 0.2) is 24.3 Å². The predicted octanol–water partition coefficient (Wildman–Crippen LogP) is 3.97. The largest absolute Gasteiger partial charge is 0.351 e. The first kappa shape index (κ1) is 16.6. The molecule has 1 aliphatic heterocycles. The minimum absolute atomic E-state index is 0.0251. The lowest BCUT2D eigenvalue weighted by molar-refractivity contribution is -0.127. The van der Waals surface area contributed by atoms with Gasteiger partial charge in [0.25, 0.3) is 5.91 Å². The monoisotopic (exact) mass is 340 g/mol. The summed E-state index contributed by atoms with van der Waals surface area (Å²) in [6.45, 7) is 0. The van der Waals surface area contributed by atoms with Gasteiger partial charge in [-0.25, -0.2) is 0 Å². The normalized spacial score (nSPS) is 25.0. The molecule has 4 nitrogen and oxygen atoms in total. The van der Waals surface area contributed by atoms with Gasteiger partial charge in [-0.05, 0) is 37.3 Å². The molecule has 2 aliphatic carbocycles. The minimum Gasteiger partial charge on any atom is -0.351 e. The third kappa shape index (κ3) is 3.19. The van der Waals surface area contributed by atoms with Crippen molar-refractivity contribution in [3.8, 4) is 0 Å². The van der Waals surface area contributed by atoms with E-state index in [0.717, 1.165) is 49.7 Å². The molecule has 1 unspecified atom stereocenters. The first-order chi connectivity index (χ1) is 12.3. The van der Waals surface area contributed by atoms with Crippen LogP contribution in [0.3, 0.4) is 0 Å². The number of nitrogens with one attached hydrogen (secondary N) is 1. The first-order valence-corrected chi connectivity index (χ1v) is 9.97. The molecular formula is C21H28N2O2. The van der Waals surface area contributed by atoms with Gasteiger partial charge in [0, 0.05) is 17.6 Å². The maximum Gasteiger partial charge on any atom is 0.255 e. The fourth-order valence-electron chi connectivity index (χ4n) is 4.87. The first-order valence-electron chi connectivity index (χ1n) is 9.97. The molecule has 0 spiro atoms. The predicted molar refractivity (Wildman–Crippen MR) is 97.2 cm³/mol. The number of hydrogen-bond acceptors (Lipinski definition) is 2. The Balaban J connectivity index is 1.59. The van der Waals surface area contributed by atoms with Gasteiger partial charge in [0.2, 0.25) is 5.91 Å². The molecule has 1 N–H and O–H groups in total. The standard InChI is InChI=1S/C21H28N2O2/c24-20(22-15-9-3-1-2-4-10-15)19-17-13-7-8-14-18(17)21(25)23(19)16-11-5-6-12-16/h7-8,13-16,19H,1-6,9-12H2,(H,22,24). The number of carbonyl (C=O) groups is 2. The van der Waals surface area contributed by atoms with Crippen LogP contribution in [0.1, 0.15) is 86.2 Å². The third-order valence-electron chi connectivity index (χ3n) is 6.17. The van der Waals surface area contributed by atoms with Crippen molar-refractivity contribution in [2.75, 3.05) is 0 Å². The molecule has 3 aliphatic rings. The zero-order valence-corrected chi connectivity index (χ0v) is 14.9. The number of carbonyl (C=O) groups excluding carboxylic acids is 2. The Bertz CT molecular complexity index is 643. The summed E-state index contributed by atoms with van der Waals surface area (Å²) in [5, 5.41) is 3.28. The van der Waals surface area contributed by atoms with Crippen molar-refractivity contribution < 1.29 is 9.59 Å². The summed E-state index contributed by atoms with van der Waals surface area (Å²) in [5.41, 5.74) is 1.61. The molecule has 1 aromatic carbocycles. The van der Waals surface area contributed by atoms with E-state index >= 15 is 0 Å². The molecule has 1 aromatic rings. The van der Waals surface area contributed by atoms with E-state index in [1.54, 1.807) is 0 Å². The van der Waals surface area contributed by atoms with E-state index in [0.29, 0.717) is 0 Å². The van der Waals surface area contributed by atoms with Crippen molar-refractivity contribution in [2.24, 2.45) is 0 Å². The molecule has 134 valence electrons. The summed E-state index contributed by atoms with van der Waals surface area (Å²) in [7, 11) is 0. The molecule has 0 aromatic heterocycles. The van der Waals surface area contributed by atoms with Crippen molar-refractivity contribution in [1.82, 2.24) is 10.2 Å². The molecule has 0 saturated heterocycles. The number of fused-ring (bicyclic) bond motifs is 1. The molecule has 25 heavy (non-hydrogen) atoms. The number of nitrogens with zero attached hydrogens (tertiary/aromatic N) is 1. The van der Waals surface area contributed by atoms with Gasteiger partial charge < -0.3 is 10.2 Å². The lowest BCUT2D eigenvalue weighted by Crippen LogP contribution is -2.46. The van der Waals surface area contributed by atoms with Gasteiger partial charge in [-0.2, -0.15) is 0 Å². The smallest absolute Gasteiger partial charge is 0.255 e. The second-order valence-corrected chi connectivity index (χ2v) is 7.84. The average molecular weight is 340 g/mol. The minimum atomic E-state index is -0.435. The Labute approximate surface area is 150 Å². The Kier molecular flexibility index (Phi) is 4.78.